The highest BCUT2D eigenvalue weighted by atomic mass is 79.9. The molecule has 1 aromatic carbocycles. The summed E-state index contributed by atoms with van der Waals surface area (Å²) in [6.07, 6.45) is 1.69. The van der Waals surface area contributed by atoms with Crippen LogP contribution in [-0.4, -0.2) is 9.97 Å². The van der Waals surface area contributed by atoms with Gasteiger partial charge in [-0.1, -0.05) is 42.0 Å². The van der Waals surface area contributed by atoms with Gasteiger partial charge in [0.2, 0.25) is 5.88 Å². The number of nitrogens with zero attached hydrogens (tertiary/aromatic N) is 1. The first kappa shape index (κ1) is 15.9. The van der Waals surface area contributed by atoms with E-state index in [4.69, 9.17) is 22.7 Å². The second-order valence-corrected chi connectivity index (χ2v) is 6.47. The minimum Gasteiger partial charge on any atom is -0.438 e. The summed E-state index contributed by atoms with van der Waals surface area (Å²) in [5.41, 5.74) is 8.53. The normalized spacial score (nSPS) is 10.7. The van der Waals surface area contributed by atoms with Crippen molar-refractivity contribution in [2.45, 2.75) is 26.7 Å². The summed E-state index contributed by atoms with van der Waals surface area (Å²) in [7, 11) is 0. The molecular formula is C16H17BrN2OS. The van der Waals surface area contributed by atoms with E-state index in [0.29, 0.717) is 22.3 Å². The van der Waals surface area contributed by atoms with Crippen LogP contribution in [0.1, 0.15) is 36.5 Å². The standard InChI is InChI=1S/C16H17BrN2OS/c1-9(2)12-8-11(17)4-5-13(12)20-16-14(15(18)21)10(3)6-7-19-16/h4-9H,1-3H3,(H2,18,21). The van der Waals surface area contributed by atoms with E-state index in [1.165, 1.54) is 0 Å². The molecule has 0 bridgehead atoms. The fourth-order valence-corrected chi connectivity index (χ4v) is 2.71. The maximum atomic E-state index is 6.00. The van der Waals surface area contributed by atoms with Crippen molar-refractivity contribution in [3.05, 3.63) is 51.6 Å². The third kappa shape index (κ3) is 3.60. The van der Waals surface area contributed by atoms with E-state index in [9.17, 15) is 0 Å². The Morgan fingerprint density at radius 3 is 2.67 bits per heavy atom. The van der Waals surface area contributed by atoms with Crippen molar-refractivity contribution < 1.29 is 4.74 Å². The SMILES string of the molecule is Cc1ccnc(Oc2ccc(Br)cc2C(C)C)c1C(N)=S. The van der Waals surface area contributed by atoms with Gasteiger partial charge in [0.05, 0.1) is 5.56 Å². The molecule has 0 saturated heterocycles. The Kier molecular flexibility index (Phi) is 4.96. The van der Waals surface area contributed by atoms with Gasteiger partial charge >= 0.3 is 0 Å². The number of aryl methyl sites for hydroxylation is 1. The lowest BCUT2D eigenvalue weighted by Gasteiger charge is -2.16. The fourth-order valence-electron chi connectivity index (χ4n) is 2.08. The van der Waals surface area contributed by atoms with Crippen molar-refractivity contribution >= 4 is 33.1 Å². The second kappa shape index (κ2) is 6.54. The topological polar surface area (TPSA) is 48.1 Å². The summed E-state index contributed by atoms with van der Waals surface area (Å²) >= 11 is 8.60. The molecule has 0 aliphatic rings. The zero-order valence-corrected chi connectivity index (χ0v) is 14.6. The monoisotopic (exact) mass is 364 g/mol. The molecule has 0 unspecified atom stereocenters. The van der Waals surface area contributed by atoms with Gasteiger partial charge in [0.25, 0.3) is 0 Å². The molecule has 0 aliphatic carbocycles. The first-order chi connectivity index (χ1) is 9.90. The molecule has 0 aliphatic heterocycles. The van der Waals surface area contributed by atoms with E-state index in [1.807, 2.05) is 25.1 Å². The molecule has 1 heterocycles. The summed E-state index contributed by atoms with van der Waals surface area (Å²) in [6.45, 7) is 6.17. The third-order valence-electron chi connectivity index (χ3n) is 3.17. The first-order valence-electron chi connectivity index (χ1n) is 6.63. The number of pyridine rings is 1. The Balaban J connectivity index is 2.49. The van der Waals surface area contributed by atoms with Gasteiger partial charge in [-0.2, -0.15) is 0 Å². The quantitative estimate of drug-likeness (QED) is 0.798. The van der Waals surface area contributed by atoms with E-state index >= 15 is 0 Å². The maximum absolute atomic E-state index is 6.00. The van der Waals surface area contributed by atoms with Crippen molar-refractivity contribution in [3.8, 4) is 11.6 Å². The summed E-state index contributed by atoms with van der Waals surface area (Å²) in [5, 5.41) is 0. The molecule has 0 amide bonds. The smallest absolute Gasteiger partial charge is 0.229 e. The van der Waals surface area contributed by atoms with Crippen molar-refractivity contribution in [1.29, 1.82) is 0 Å². The molecule has 0 atom stereocenters. The molecule has 2 aromatic rings. The highest BCUT2D eigenvalue weighted by Gasteiger charge is 2.15. The Bertz CT molecular complexity index is 686. The Hall–Kier alpha value is -1.46. The van der Waals surface area contributed by atoms with Crippen LogP contribution >= 0.6 is 28.1 Å². The van der Waals surface area contributed by atoms with E-state index in [2.05, 4.69) is 40.8 Å². The van der Waals surface area contributed by atoms with Crippen LogP contribution in [0, 0.1) is 6.92 Å². The molecule has 0 fully saturated rings. The lowest BCUT2D eigenvalue weighted by atomic mass is 10.0. The van der Waals surface area contributed by atoms with E-state index in [1.54, 1.807) is 6.20 Å². The number of ether oxygens (including phenoxy) is 1. The van der Waals surface area contributed by atoms with Gasteiger partial charge in [-0.3, -0.25) is 0 Å². The molecule has 110 valence electrons. The summed E-state index contributed by atoms with van der Waals surface area (Å²) in [6, 6.07) is 7.78. The van der Waals surface area contributed by atoms with Gasteiger partial charge in [0.15, 0.2) is 0 Å². The Labute approximate surface area is 138 Å². The van der Waals surface area contributed by atoms with Gasteiger partial charge in [0.1, 0.15) is 10.7 Å². The van der Waals surface area contributed by atoms with Crippen LogP contribution < -0.4 is 10.5 Å². The molecule has 2 N–H and O–H groups in total. The second-order valence-electron chi connectivity index (χ2n) is 5.11. The third-order valence-corrected chi connectivity index (χ3v) is 3.87. The molecule has 5 heteroatoms. The number of nitrogens with two attached hydrogens (primary N) is 1. The zero-order valence-electron chi connectivity index (χ0n) is 12.2. The zero-order chi connectivity index (χ0) is 15.6. The number of halogens is 1. The summed E-state index contributed by atoms with van der Waals surface area (Å²) in [4.78, 5) is 4.57. The molecule has 21 heavy (non-hydrogen) atoms. The Morgan fingerprint density at radius 1 is 1.33 bits per heavy atom. The molecule has 2 rings (SSSR count). The minimum atomic E-state index is 0.291. The van der Waals surface area contributed by atoms with Crippen LogP contribution in [0.2, 0.25) is 0 Å². The lowest BCUT2D eigenvalue weighted by molar-refractivity contribution is 0.453. The Morgan fingerprint density at radius 2 is 2.05 bits per heavy atom. The highest BCUT2D eigenvalue weighted by Crippen LogP contribution is 2.33. The molecule has 3 nitrogen and oxygen atoms in total. The van der Waals surface area contributed by atoms with Gasteiger partial charge in [-0.05, 0) is 48.2 Å². The molecular weight excluding hydrogens is 348 g/mol. The lowest BCUT2D eigenvalue weighted by Crippen LogP contribution is -2.13. The maximum Gasteiger partial charge on any atom is 0.229 e. The number of thiocarbonyl (C=S) groups is 1. The average molecular weight is 365 g/mol. The van der Waals surface area contributed by atoms with E-state index < -0.39 is 0 Å². The van der Waals surface area contributed by atoms with E-state index in [-0.39, 0.29) is 0 Å². The number of aromatic nitrogens is 1. The number of benzene rings is 1. The van der Waals surface area contributed by atoms with Crippen LogP contribution in [0.4, 0.5) is 0 Å². The van der Waals surface area contributed by atoms with Crippen LogP contribution in [0.15, 0.2) is 34.9 Å². The predicted molar refractivity (Wildman–Crippen MR) is 93.2 cm³/mol. The van der Waals surface area contributed by atoms with Gasteiger partial charge in [-0.25, -0.2) is 4.98 Å². The molecule has 0 spiro atoms. The van der Waals surface area contributed by atoms with Crippen LogP contribution in [0.5, 0.6) is 11.6 Å². The van der Waals surface area contributed by atoms with E-state index in [0.717, 1.165) is 21.3 Å². The van der Waals surface area contributed by atoms with Crippen LogP contribution in [-0.2, 0) is 0 Å². The van der Waals surface area contributed by atoms with Crippen molar-refractivity contribution in [2.24, 2.45) is 5.73 Å². The van der Waals surface area contributed by atoms with Gasteiger partial charge in [0, 0.05) is 10.7 Å². The van der Waals surface area contributed by atoms with Crippen molar-refractivity contribution in [2.75, 3.05) is 0 Å². The molecule has 1 aromatic heterocycles. The number of hydrogen-bond donors (Lipinski definition) is 1. The number of rotatable bonds is 4. The number of hydrogen-bond acceptors (Lipinski definition) is 3. The minimum absolute atomic E-state index is 0.291. The predicted octanol–water partition coefficient (Wildman–Crippen LogP) is 4.70. The first-order valence-corrected chi connectivity index (χ1v) is 7.83. The van der Waals surface area contributed by atoms with Crippen molar-refractivity contribution in [1.82, 2.24) is 4.98 Å². The van der Waals surface area contributed by atoms with Crippen LogP contribution in [0.3, 0.4) is 0 Å². The summed E-state index contributed by atoms with van der Waals surface area (Å²) in [5.74, 6) is 1.55. The molecule has 0 saturated carbocycles. The molecule has 0 radical (unpaired) electrons. The summed E-state index contributed by atoms with van der Waals surface area (Å²) < 4.78 is 7.02. The fraction of sp³-hybridized carbons (Fsp3) is 0.250. The average Bonchev–Trinajstić information content (AvgIpc) is 2.40. The van der Waals surface area contributed by atoms with Gasteiger partial charge in [-0.15, -0.1) is 0 Å². The largest absolute Gasteiger partial charge is 0.438 e. The highest BCUT2D eigenvalue weighted by molar-refractivity contribution is 9.10. The van der Waals surface area contributed by atoms with Crippen LogP contribution in [0.25, 0.3) is 0 Å². The van der Waals surface area contributed by atoms with Crippen molar-refractivity contribution in [3.63, 3.8) is 0 Å². The van der Waals surface area contributed by atoms with Gasteiger partial charge < -0.3 is 10.5 Å².